The van der Waals surface area contributed by atoms with Crippen molar-refractivity contribution in [1.29, 1.82) is 0 Å². The summed E-state index contributed by atoms with van der Waals surface area (Å²) in [5.74, 6) is -0.221. The monoisotopic (exact) mass is 364 g/mol. The van der Waals surface area contributed by atoms with Crippen LogP contribution in [-0.2, 0) is 9.53 Å². The normalized spacial score (nSPS) is 11.6. The quantitative estimate of drug-likeness (QED) is 0.101. The first-order chi connectivity index (χ1) is 12.8. The van der Waals surface area contributed by atoms with E-state index < -0.39 is 0 Å². The van der Waals surface area contributed by atoms with Crippen LogP contribution in [0.15, 0.2) is 24.3 Å². The third-order valence-corrected chi connectivity index (χ3v) is 4.70. The molecule has 0 saturated carbocycles. The number of hydrogen-bond acceptors (Lipinski definition) is 2. The van der Waals surface area contributed by atoms with E-state index in [2.05, 4.69) is 19.9 Å². The van der Waals surface area contributed by atoms with Gasteiger partial charge in [0.1, 0.15) is 0 Å². The standard InChI is InChI=1S/C24H44O2/c1-3-5-7-9-10-11-12-13-14-15-16-17-18-19-20-22-24(25)26-23-21-8-6-4-2/h18-20,22H,3-17,21,23H2,1-2H3. The summed E-state index contributed by atoms with van der Waals surface area (Å²) in [6.07, 6.45) is 28.3. The Morgan fingerprint density at radius 3 is 1.73 bits per heavy atom. The summed E-state index contributed by atoms with van der Waals surface area (Å²) in [5.41, 5.74) is 0. The van der Waals surface area contributed by atoms with E-state index in [0.29, 0.717) is 6.61 Å². The van der Waals surface area contributed by atoms with Crippen LogP contribution in [0.2, 0.25) is 0 Å². The van der Waals surface area contributed by atoms with Crippen molar-refractivity contribution in [3.05, 3.63) is 24.3 Å². The molecule has 2 heteroatoms. The predicted molar refractivity (Wildman–Crippen MR) is 114 cm³/mol. The fourth-order valence-corrected chi connectivity index (χ4v) is 2.99. The molecule has 0 atom stereocenters. The first kappa shape index (κ1) is 24.9. The van der Waals surface area contributed by atoms with Crippen molar-refractivity contribution < 1.29 is 9.53 Å². The number of carbonyl (C=O) groups excluding carboxylic acids is 1. The summed E-state index contributed by atoms with van der Waals surface area (Å²) >= 11 is 0. The van der Waals surface area contributed by atoms with Crippen LogP contribution in [0.5, 0.6) is 0 Å². The smallest absolute Gasteiger partial charge is 0.330 e. The van der Waals surface area contributed by atoms with Crippen LogP contribution >= 0.6 is 0 Å². The molecule has 0 bridgehead atoms. The van der Waals surface area contributed by atoms with Gasteiger partial charge in [-0.15, -0.1) is 0 Å². The Labute approximate surface area is 163 Å². The molecule has 26 heavy (non-hydrogen) atoms. The van der Waals surface area contributed by atoms with Gasteiger partial charge in [-0.2, -0.15) is 0 Å². The molecule has 0 radical (unpaired) electrons. The minimum Gasteiger partial charge on any atom is -0.463 e. The van der Waals surface area contributed by atoms with Crippen LogP contribution in [-0.4, -0.2) is 12.6 Å². The lowest BCUT2D eigenvalue weighted by Crippen LogP contribution is -2.01. The number of ether oxygens (including phenoxy) is 1. The summed E-state index contributed by atoms with van der Waals surface area (Å²) in [6.45, 7) is 5.00. The summed E-state index contributed by atoms with van der Waals surface area (Å²) in [6, 6.07) is 0. The largest absolute Gasteiger partial charge is 0.463 e. The molecule has 0 heterocycles. The molecule has 0 spiro atoms. The maximum Gasteiger partial charge on any atom is 0.330 e. The van der Waals surface area contributed by atoms with Gasteiger partial charge in [-0.3, -0.25) is 0 Å². The van der Waals surface area contributed by atoms with Crippen molar-refractivity contribution in [2.24, 2.45) is 0 Å². The Balaban J connectivity index is 3.30. The highest BCUT2D eigenvalue weighted by atomic mass is 16.5. The minimum atomic E-state index is -0.221. The molecule has 0 aromatic carbocycles. The molecule has 0 amide bonds. The second-order valence-corrected chi connectivity index (χ2v) is 7.34. The molecule has 0 unspecified atom stereocenters. The molecule has 2 nitrogen and oxygen atoms in total. The molecule has 0 aliphatic carbocycles. The molecule has 0 fully saturated rings. The van der Waals surface area contributed by atoms with Crippen LogP contribution in [0, 0.1) is 0 Å². The van der Waals surface area contributed by atoms with Crippen molar-refractivity contribution in [1.82, 2.24) is 0 Å². The van der Waals surface area contributed by atoms with E-state index in [1.807, 2.05) is 6.08 Å². The molecule has 0 aromatic rings. The van der Waals surface area contributed by atoms with Crippen molar-refractivity contribution in [3.63, 3.8) is 0 Å². The lowest BCUT2D eigenvalue weighted by molar-refractivity contribution is -0.137. The van der Waals surface area contributed by atoms with E-state index in [1.54, 1.807) is 6.08 Å². The van der Waals surface area contributed by atoms with Crippen molar-refractivity contribution >= 4 is 5.97 Å². The van der Waals surface area contributed by atoms with Gasteiger partial charge in [0.25, 0.3) is 0 Å². The second-order valence-electron chi connectivity index (χ2n) is 7.34. The van der Waals surface area contributed by atoms with Gasteiger partial charge in [0.2, 0.25) is 0 Å². The molecule has 0 rings (SSSR count). The van der Waals surface area contributed by atoms with Gasteiger partial charge < -0.3 is 4.74 Å². The summed E-state index contributed by atoms with van der Waals surface area (Å²) in [5, 5.41) is 0. The lowest BCUT2D eigenvalue weighted by Gasteiger charge is -2.01. The first-order valence-corrected chi connectivity index (χ1v) is 11.3. The predicted octanol–water partition coefficient (Wildman–Crippen LogP) is 7.92. The van der Waals surface area contributed by atoms with Gasteiger partial charge in [-0.1, -0.05) is 116 Å². The number of unbranched alkanes of at least 4 members (excludes halogenated alkanes) is 14. The average Bonchev–Trinajstić information content (AvgIpc) is 2.64. The van der Waals surface area contributed by atoms with Gasteiger partial charge in [0, 0.05) is 6.08 Å². The Morgan fingerprint density at radius 2 is 1.15 bits per heavy atom. The first-order valence-electron chi connectivity index (χ1n) is 11.3. The number of carbonyl (C=O) groups is 1. The maximum absolute atomic E-state index is 11.5. The fraction of sp³-hybridized carbons (Fsp3) is 0.792. The lowest BCUT2D eigenvalue weighted by atomic mass is 10.1. The van der Waals surface area contributed by atoms with Crippen LogP contribution in [0.25, 0.3) is 0 Å². The number of rotatable bonds is 19. The van der Waals surface area contributed by atoms with Crippen molar-refractivity contribution in [2.45, 2.75) is 117 Å². The van der Waals surface area contributed by atoms with Crippen LogP contribution in [0.3, 0.4) is 0 Å². The van der Waals surface area contributed by atoms with Crippen LogP contribution < -0.4 is 0 Å². The van der Waals surface area contributed by atoms with Gasteiger partial charge in [-0.25, -0.2) is 4.79 Å². The number of allylic oxidation sites excluding steroid dienone is 3. The third kappa shape index (κ3) is 21.0. The highest BCUT2D eigenvalue weighted by Gasteiger charge is 1.95. The maximum atomic E-state index is 11.5. The fourth-order valence-electron chi connectivity index (χ4n) is 2.99. The van der Waals surface area contributed by atoms with E-state index in [4.69, 9.17) is 4.74 Å². The zero-order valence-electron chi connectivity index (χ0n) is 17.6. The van der Waals surface area contributed by atoms with Gasteiger partial charge in [-0.05, 0) is 19.3 Å². The Hall–Kier alpha value is -1.05. The Morgan fingerprint density at radius 1 is 0.654 bits per heavy atom. The molecule has 0 N–H and O–H groups in total. The number of hydrogen-bond donors (Lipinski definition) is 0. The molecule has 0 saturated heterocycles. The Kier molecular flexibility index (Phi) is 21.1. The number of esters is 1. The SMILES string of the molecule is CCCCCCCCCCCCCC=CC=CC(=O)OCCCCCC. The van der Waals surface area contributed by atoms with E-state index in [1.165, 1.54) is 89.5 Å². The zero-order chi connectivity index (χ0) is 19.1. The summed E-state index contributed by atoms with van der Waals surface area (Å²) in [7, 11) is 0. The third-order valence-electron chi connectivity index (χ3n) is 4.70. The topological polar surface area (TPSA) is 26.3 Å². The molecule has 0 aliphatic heterocycles. The summed E-state index contributed by atoms with van der Waals surface area (Å²) in [4.78, 5) is 11.5. The molecular formula is C24H44O2. The average molecular weight is 365 g/mol. The molecule has 0 aliphatic rings. The van der Waals surface area contributed by atoms with Crippen molar-refractivity contribution in [3.8, 4) is 0 Å². The van der Waals surface area contributed by atoms with Crippen LogP contribution in [0.1, 0.15) is 117 Å². The van der Waals surface area contributed by atoms with E-state index in [9.17, 15) is 4.79 Å². The second kappa shape index (κ2) is 22.0. The highest BCUT2D eigenvalue weighted by molar-refractivity contribution is 5.82. The zero-order valence-corrected chi connectivity index (χ0v) is 17.6. The molecular weight excluding hydrogens is 320 g/mol. The van der Waals surface area contributed by atoms with E-state index >= 15 is 0 Å². The van der Waals surface area contributed by atoms with Gasteiger partial charge in [0.15, 0.2) is 0 Å². The summed E-state index contributed by atoms with van der Waals surface area (Å²) < 4.78 is 5.15. The van der Waals surface area contributed by atoms with E-state index in [0.717, 1.165) is 19.3 Å². The molecule has 0 aromatic heterocycles. The minimum absolute atomic E-state index is 0.221. The Bertz CT molecular complexity index is 344. The molecule has 152 valence electrons. The van der Waals surface area contributed by atoms with Gasteiger partial charge >= 0.3 is 5.97 Å². The van der Waals surface area contributed by atoms with Crippen LogP contribution in [0.4, 0.5) is 0 Å². The van der Waals surface area contributed by atoms with E-state index in [-0.39, 0.29) is 5.97 Å². The highest BCUT2D eigenvalue weighted by Crippen LogP contribution is 2.12. The van der Waals surface area contributed by atoms with Gasteiger partial charge in [0.05, 0.1) is 6.61 Å². The van der Waals surface area contributed by atoms with Crippen molar-refractivity contribution in [2.75, 3.05) is 6.61 Å².